The van der Waals surface area contributed by atoms with E-state index in [0.717, 1.165) is 62.1 Å². The Labute approximate surface area is 172 Å². The number of guanidine groups is 1. The molecular formula is C18H29ClIN3O2. The van der Waals surface area contributed by atoms with Crippen LogP contribution in [-0.2, 0) is 16.0 Å². The van der Waals surface area contributed by atoms with E-state index in [2.05, 4.69) is 22.5 Å². The zero-order valence-corrected chi connectivity index (χ0v) is 17.9. The molecule has 1 aromatic carbocycles. The zero-order chi connectivity index (χ0) is 17.0. The summed E-state index contributed by atoms with van der Waals surface area (Å²) in [6, 6.07) is 7.78. The molecule has 0 aliphatic carbocycles. The van der Waals surface area contributed by atoms with Crippen LogP contribution in [0.3, 0.4) is 0 Å². The van der Waals surface area contributed by atoms with Gasteiger partial charge in [-0.05, 0) is 43.9 Å². The Morgan fingerprint density at radius 2 is 2.28 bits per heavy atom. The minimum Gasteiger partial charge on any atom is -0.379 e. The van der Waals surface area contributed by atoms with Gasteiger partial charge < -0.3 is 20.1 Å². The lowest BCUT2D eigenvalue weighted by Crippen LogP contribution is -2.38. The highest BCUT2D eigenvalue weighted by atomic mass is 127. The van der Waals surface area contributed by atoms with Crippen molar-refractivity contribution < 1.29 is 9.47 Å². The third kappa shape index (κ3) is 9.63. The Balaban J connectivity index is 0.00000312. The van der Waals surface area contributed by atoms with E-state index in [1.165, 1.54) is 0 Å². The highest BCUT2D eigenvalue weighted by Crippen LogP contribution is 2.12. The van der Waals surface area contributed by atoms with Crippen molar-refractivity contribution in [1.82, 2.24) is 10.6 Å². The van der Waals surface area contributed by atoms with Crippen molar-refractivity contribution in [2.45, 2.75) is 38.8 Å². The molecule has 1 aliphatic heterocycles. The second-order valence-corrected chi connectivity index (χ2v) is 6.25. The molecule has 0 amide bonds. The average molecular weight is 482 g/mol. The molecule has 0 saturated carbocycles. The summed E-state index contributed by atoms with van der Waals surface area (Å²) in [6.45, 7) is 6.64. The third-order valence-electron chi connectivity index (χ3n) is 3.74. The van der Waals surface area contributed by atoms with Gasteiger partial charge in [0.2, 0.25) is 0 Å². The Bertz CT molecular complexity index is 511. The molecule has 7 heteroatoms. The lowest BCUT2D eigenvalue weighted by atomic mass is 10.2. The Morgan fingerprint density at radius 1 is 1.40 bits per heavy atom. The number of halogens is 2. The Morgan fingerprint density at radius 3 is 3.00 bits per heavy atom. The number of benzene rings is 1. The van der Waals surface area contributed by atoms with Gasteiger partial charge in [-0.2, -0.15) is 0 Å². The fourth-order valence-electron chi connectivity index (χ4n) is 2.52. The third-order valence-corrected chi connectivity index (χ3v) is 3.97. The number of hydrogen-bond acceptors (Lipinski definition) is 3. The van der Waals surface area contributed by atoms with Crippen LogP contribution in [-0.4, -0.2) is 45.0 Å². The highest BCUT2D eigenvalue weighted by Gasteiger charge is 2.14. The molecule has 2 N–H and O–H groups in total. The second-order valence-electron chi connectivity index (χ2n) is 5.82. The number of hydrogen-bond donors (Lipinski definition) is 2. The summed E-state index contributed by atoms with van der Waals surface area (Å²) in [5.74, 6) is 0.816. The second kappa shape index (κ2) is 13.6. The number of ether oxygens (including phenoxy) is 2. The molecule has 0 radical (unpaired) electrons. The monoisotopic (exact) mass is 481 g/mol. The molecule has 1 atom stereocenters. The van der Waals surface area contributed by atoms with E-state index in [1.807, 2.05) is 24.3 Å². The first-order valence-corrected chi connectivity index (χ1v) is 9.11. The van der Waals surface area contributed by atoms with Crippen LogP contribution in [0.15, 0.2) is 29.3 Å². The molecule has 1 heterocycles. The topological polar surface area (TPSA) is 54.9 Å². The molecule has 1 saturated heterocycles. The number of rotatable bonds is 9. The van der Waals surface area contributed by atoms with Crippen LogP contribution >= 0.6 is 35.6 Å². The fraction of sp³-hybridized carbons (Fsp3) is 0.611. The SMILES string of the molecule is CCNC(=NCc1cccc(Cl)c1)NCCCOCC1CCCO1.I. The summed E-state index contributed by atoms with van der Waals surface area (Å²) in [6.07, 6.45) is 3.52. The van der Waals surface area contributed by atoms with Crippen LogP contribution in [0.1, 0.15) is 31.7 Å². The molecule has 1 aliphatic rings. The van der Waals surface area contributed by atoms with Crippen LogP contribution < -0.4 is 10.6 Å². The van der Waals surface area contributed by atoms with E-state index in [1.54, 1.807) is 0 Å². The van der Waals surface area contributed by atoms with Gasteiger partial charge in [-0.3, -0.25) is 0 Å². The van der Waals surface area contributed by atoms with Gasteiger partial charge in [0.15, 0.2) is 5.96 Å². The van der Waals surface area contributed by atoms with Gasteiger partial charge in [0, 0.05) is 31.3 Å². The first-order valence-electron chi connectivity index (χ1n) is 8.74. The zero-order valence-electron chi connectivity index (χ0n) is 14.8. The van der Waals surface area contributed by atoms with Crippen molar-refractivity contribution in [1.29, 1.82) is 0 Å². The van der Waals surface area contributed by atoms with Crippen LogP contribution in [0.25, 0.3) is 0 Å². The first kappa shape index (κ1) is 22.5. The molecule has 0 bridgehead atoms. The predicted octanol–water partition coefficient (Wildman–Crippen LogP) is 3.60. The van der Waals surface area contributed by atoms with E-state index in [-0.39, 0.29) is 24.0 Å². The maximum Gasteiger partial charge on any atom is 0.191 e. The van der Waals surface area contributed by atoms with E-state index in [0.29, 0.717) is 19.3 Å². The molecule has 5 nitrogen and oxygen atoms in total. The van der Waals surface area contributed by atoms with Crippen molar-refractivity contribution >= 4 is 41.5 Å². The molecule has 1 aromatic rings. The maximum absolute atomic E-state index is 6.00. The van der Waals surface area contributed by atoms with Crippen LogP contribution in [0.5, 0.6) is 0 Å². The van der Waals surface area contributed by atoms with Crippen LogP contribution in [0.2, 0.25) is 5.02 Å². The molecule has 1 fully saturated rings. The minimum atomic E-state index is 0. The smallest absolute Gasteiger partial charge is 0.191 e. The summed E-state index contributed by atoms with van der Waals surface area (Å²) in [5, 5.41) is 7.32. The summed E-state index contributed by atoms with van der Waals surface area (Å²) in [4.78, 5) is 4.58. The van der Waals surface area contributed by atoms with E-state index in [4.69, 9.17) is 21.1 Å². The van der Waals surface area contributed by atoms with Crippen molar-refractivity contribution in [3.63, 3.8) is 0 Å². The quantitative estimate of drug-likeness (QED) is 0.245. The lowest BCUT2D eigenvalue weighted by Gasteiger charge is -2.12. The standard InChI is InChI=1S/C18H28ClN3O2.HI/c1-2-20-18(22-13-15-6-3-7-16(19)12-15)21-9-5-10-23-14-17-8-4-11-24-17;/h3,6-7,12,17H,2,4-5,8-11,13-14H2,1H3,(H2,20,21,22);1H. The van der Waals surface area contributed by atoms with Crippen LogP contribution in [0, 0.1) is 0 Å². The molecule has 25 heavy (non-hydrogen) atoms. The van der Waals surface area contributed by atoms with Gasteiger partial charge in [-0.15, -0.1) is 24.0 Å². The molecule has 0 aromatic heterocycles. The van der Waals surface area contributed by atoms with E-state index >= 15 is 0 Å². The van der Waals surface area contributed by atoms with Gasteiger partial charge in [-0.1, -0.05) is 23.7 Å². The fourth-order valence-corrected chi connectivity index (χ4v) is 2.73. The largest absolute Gasteiger partial charge is 0.379 e. The Hall–Kier alpha value is -0.570. The van der Waals surface area contributed by atoms with Gasteiger partial charge in [0.05, 0.1) is 19.3 Å². The van der Waals surface area contributed by atoms with Gasteiger partial charge >= 0.3 is 0 Å². The van der Waals surface area contributed by atoms with Crippen LogP contribution in [0.4, 0.5) is 0 Å². The van der Waals surface area contributed by atoms with E-state index in [9.17, 15) is 0 Å². The van der Waals surface area contributed by atoms with Gasteiger partial charge in [0.25, 0.3) is 0 Å². The molecule has 1 unspecified atom stereocenters. The normalized spacial score (nSPS) is 17.2. The highest BCUT2D eigenvalue weighted by molar-refractivity contribution is 14.0. The molecule has 0 spiro atoms. The van der Waals surface area contributed by atoms with Gasteiger partial charge in [0.1, 0.15) is 0 Å². The lowest BCUT2D eigenvalue weighted by molar-refractivity contribution is 0.0168. The number of nitrogens with one attached hydrogen (secondary N) is 2. The summed E-state index contributed by atoms with van der Waals surface area (Å²) >= 11 is 6.00. The van der Waals surface area contributed by atoms with Crippen molar-refractivity contribution in [2.75, 3.05) is 32.9 Å². The number of aliphatic imine (C=N–C) groups is 1. The van der Waals surface area contributed by atoms with Crippen molar-refractivity contribution in [3.8, 4) is 0 Å². The maximum atomic E-state index is 6.00. The average Bonchev–Trinajstić information content (AvgIpc) is 3.09. The Kier molecular flexibility index (Phi) is 12.2. The molecule has 142 valence electrons. The number of nitrogens with zero attached hydrogens (tertiary/aromatic N) is 1. The van der Waals surface area contributed by atoms with Crippen molar-refractivity contribution in [3.05, 3.63) is 34.9 Å². The predicted molar refractivity (Wildman–Crippen MR) is 114 cm³/mol. The minimum absolute atomic E-state index is 0. The van der Waals surface area contributed by atoms with Crippen molar-refractivity contribution in [2.24, 2.45) is 4.99 Å². The molecule has 2 rings (SSSR count). The van der Waals surface area contributed by atoms with E-state index < -0.39 is 0 Å². The molecular weight excluding hydrogens is 453 g/mol. The summed E-state index contributed by atoms with van der Waals surface area (Å²) in [7, 11) is 0. The first-order chi connectivity index (χ1) is 11.8. The summed E-state index contributed by atoms with van der Waals surface area (Å²) in [5.41, 5.74) is 1.10. The van der Waals surface area contributed by atoms with Gasteiger partial charge in [-0.25, -0.2) is 4.99 Å². The summed E-state index contributed by atoms with van der Waals surface area (Å²) < 4.78 is 11.2.